The third-order valence-corrected chi connectivity index (χ3v) is 5.48. The molecule has 0 radical (unpaired) electrons. The first kappa shape index (κ1) is 16.2. The number of nitrogens with one attached hydrogen (secondary N) is 1. The first-order valence-electron chi connectivity index (χ1n) is 8.17. The van der Waals surface area contributed by atoms with Crippen molar-refractivity contribution in [3.05, 3.63) is 57.3 Å². The maximum atomic E-state index is 12.3. The summed E-state index contributed by atoms with van der Waals surface area (Å²) >= 11 is 1.67. The van der Waals surface area contributed by atoms with E-state index in [2.05, 4.69) is 29.6 Å². The average molecular weight is 329 g/mol. The molecule has 23 heavy (non-hydrogen) atoms. The fraction of sp³-hybridized carbons (Fsp3) is 0.421. The summed E-state index contributed by atoms with van der Waals surface area (Å²) in [4.78, 5) is 13.5. The molecule has 122 valence electrons. The first-order valence-corrected chi connectivity index (χ1v) is 9.05. The molecule has 0 aliphatic heterocycles. The summed E-state index contributed by atoms with van der Waals surface area (Å²) in [7, 11) is 1.56. The highest BCUT2D eigenvalue weighted by Gasteiger charge is 2.22. The Morgan fingerprint density at radius 2 is 2.00 bits per heavy atom. The van der Waals surface area contributed by atoms with Gasteiger partial charge in [-0.2, -0.15) is 0 Å². The number of rotatable bonds is 5. The molecule has 2 aromatic rings. The van der Waals surface area contributed by atoms with Crippen LogP contribution in [-0.2, 0) is 22.4 Å². The van der Waals surface area contributed by atoms with Crippen molar-refractivity contribution in [2.75, 3.05) is 7.11 Å². The molecule has 1 aliphatic carbocycles. The largest absolute Gasteiger partial charge is 0.372 e. The van der Waals surface area contributed by atoms with Crippen molar-refractivity contribution in [1.29, 1.82) is 0 Å². The van der Waals surface area contributed by atoms with Gasteiger partial charge in [0.15, 0.2) is 0 Å². The summed E-state index contributed by atoms with van der Waals surface area (Å²) in [6.07, 6.45) is 4.40. The number of amides is 1. The Morgan fingerprint density at radius 1 is 1.22 bits per heavy atom. The quantitative estimate of drug-likeness (QED) is 0.904. The highest BCUT2D eigenvalue weighted by Crippen LogP contribution is 2.30. The number of carbonyl (C=O) groups is 1. The van der Waals surface area contributed by atoms with Crippen molar-refractivity contribution in [1.82, 2.24) is 5.32 Å². The van der Waals surface area contributed by atoms with Gasteiger partial charge in [-0.05, 0) is 60.7 Å². The number of hydrogen-bond acceptors (Lipinski definition) is 3. The molecule has 0 fully saturated rings. The Morgan fingerprint density at radius 3 is 2.70 bits per heavy atom. The van der Waals surface area contributed by atoms with Crippen molar-refractivity contribution in [2.45, 2.75) is 44.8 Å². The number of aryl methyl sites for hydroxylation is 2. The monoisotopic (exact) mass is 329 g/mol. The molecule has 1 aromatic carbocycles. The standard InChI is InChI=1S/C19H23NO2S/c1-13(22-2)19(21)20-18(17-8-5-11-23-17)16-10-9-14-6-3-4-7-15(14)12-16/h5,8-13,18H,3-4,6-7H2,1-2H3,(H,20,21)/t13-,18-/m0/s1. The third-order valence-electron chi connectivity index (χ3n) is 4.54. The first-order chi connectivity index (χ1) is 11.2. The zero-order valence-corrected chi connectivity index (χ0v) is 14.5. The minimum Gasteiger partial charge on any atom is -0.372 e. The molecule has 4 heteroatoms. The highest BCUT2D eigenvalue weighted by atomic mass is 32.1. The lowest BCUT2D eigenvalue weighted by Gasteiger charge is -2.23. The van der Waals surface area contributed by atoms with Gasteiger partial charge in [-0.1, -0.05) is 24.3 Å². The Hall–Kier alpha value is -1.65. The molecule has 1 N–H and O–H groups in total. The Labute approximate surface area is 141 Å². The molecule has 0 bridgehead atoms. The minimum atomic E-state index is -0.449. The molecule has 0 saturated carbocycles. The molecule has 1 aliphatic rings. The Kier molecular flexibility index (Phi) is 5.13. The molecular weight excluding hydrogens is 306 g/mol. The summed E-state index contributed by atoms with van der Waals surface area (Å²) in [6, 6.07) is 10.7. The van der Waals surface area contributed by atoms with Crippen LogP contribution in [0, 0.1) is 0 Å². The van der Waals surface area contributed by atoms with Crippen LogP contribution in [0.2, 0.25) is 0 Å². The van der Waals surface area contributed by atoms with E-state index in [1.807, 2.05) is 11.4 Å². The third kappa shape index (κ3) is 3.65. The maximum Gasteiger partial charge on any atom is 0.249 e. The van der Waals surface area contributed by atoms with Gasteiger partial charge in [0.1, 0.15) is 6.10 Å². The number of hydrogen-bond donors (Lipinski definition) is 1. The molecule has 3 rings (SSSR count). The molecule has 0 saturated heterocycles. The summed E-state index contributed by atoms with van der Waals surface area (Å²) in [5, 5.41) is 5.19. The zero-order chi connectivity index (χ0) is 16.2. The van der Waals surface area contributed by atoms with Crippen molar-refractivity contribution < 1.29 is 9.53 Å². The van der Waals surface area contributed by atoms with Crippen molar-refractivity contribution in [3.8, 4) is 0 Å². The van der Waals surface area contributed by atoms with E-state index in [0.29, 0.717) is 0 Å². The predicted octanol–water partition coefficient (Wildman–Crippen LogP) is 3.87. The molecule has 2 atom stereocenters. The van der Waals surface area contributed by atoms with Gasteiger partial charge in [0.05, 0.1) is 6.04 Å². The predicted molar refractivity (Wildman–Crippen MR) is 93.9 cm³/mol. The van der Waals surface area contributed by atoms with Gasteiger partial charge in [0.2, 0.25) is 5.91 Å². The van der Waals surface area contributed by atoms with Crippen LogP contribution in [0.3, 0.4) is 0 Å². The number of ether oxygens (including phenoxy) is 1. The average Bonchev–Trinajstić information content (AvgIpc) is 3.12. The van der Waals surface area contributed by atoms with Crippen molar-refractivity contribution in [3.63, 3.8) is 0 Å². The smallest absolute Gasteiger partial charge is 0.249 e. The van der Waals surface area contributed by atoms with E-state index >= 15 is 0 Å². The van der Waals surface area contributed by atoms with Crippen LogP contribution < -0.4 is 5.32 Å². The highest BCUT2D eigenvalue weighted by molar-refractivity contribution is 7.10. The van der Waals surface area contributed by atoms with Crippen LogP contribution in [0.1, 0.15) is 47.4 Å². The van der Waals surface area contributed by atoms with Gasteiger partial charge in [0.25, 0.3) is 0 Å². The summed E-state index contributed by atoms with van der Waals surface area (Å²) in [6.45, 7) is 1.77. The minimum absolute atomic E-state index is 0.0800. The molecular formula is C19H23NO2S. The summed E-state index contributed by atoms with van der Waals surface area (Å²) in [5.41, 5.74) is 4.05. The molecule has 1 amide bonds. The van der Waals surface area contributed by atoms with Gasteiger partial charge in [0, 0.05) is 12.0 Å². The second kappa shape index (κ2) is 7.28. The number of thiophene rings is 1. The van der Waals surface area contributed by atoms with Gasteiger partial charge in [-0.3, -0.25) is 4.79 Å². The lowest BCUT2D eigenvalue weighted by Crippen LogP contribution is -2.36. The number of benzene rings is 1. The molecule has 1 aromatic heterocycles. The van der Waals surface area contributed by atoms with Crippen LogP contribution in [0.5, 0.6) is 0 Å². The van der Waals surface area contributed by atoms with E-state index in [-0.39, 0.29) is 11.9 Å². The fourth-order valence-electron chi connectivity index (χ4n) is 3.07. The van der Waals surface area contributed by atoms with Crippen LogP contribution in [-0.4, -0.2) is 19.1 Å². The fourth-order valence-corrected chi connectivity index (χ4v) is 3.88. The lowest BCUT2D eigenvalue weighted by atomic mass is 9.89. The van der Waals surface area contributed by atoms with E-state index in [4.69, 9.17) is 4.74 Å². The number of carbonyl (C=O) groups excluding carboxylic acids is 1. The summed E-state index contributed by atoms with van der Waals surface area (Å²) < 4.78 is 5.15. The topological polar surface area (TPSA) is 38.3 Å². The van der Waals surface area contributed by atoms with Gasteiger partial charge in [-0.15, -0.1) is 11.3 Å². The van der Waals surface area contributed by atoms with E-state index in [0.717, 1.165) is 16.9 Å². The Bertz CT molecular complexity index is 666. The zero-order valence-electron chi connectivity index (χ0n) is 13.7. The SMILES string of the molecule is CO[C@@H](C)C(=O)N[C@@H](c1ccc2c(c1)CCCC2)c1cccs1. The van der Waals surface area contributed by atoms with Crippen LogP contribution >= 0.6 is 11.3 Å². The second-order valence-corrected chi connectivity index (χ2v) is 7.05. The van der Waals surface area contributed by atoms with Gasteiger partial charge >= 0.3 is 0 Å². The van der Waals surface area contributed by atoms with Crippen LogP contribution in [0.15, 0.2) is 35.7 Å². The van der Waals surface area contributed by atoms with E-state index in [1.54, 1.807) is 25.4 Å². The van der Waals surface area contributed by atoms with Gasteiger partial charge < -0.3 is 10.1 Å². The normalized spacial score (nSPS) is 16.4. The summed E-state index contributed by atoms with van der Waals surface area (Å²) in [5.74, 6) is -0.0800. The van der Waals surface area contributed by atoms with Crippen LogP contribution in [0.25, 0.3) is 0 Å². The number of methoxy groups -OCH3 is 1. The van der Waals surface area contributed by atoms with Crippen LogP contribution in [0.4, 0.5) is 0 Å². The molecule has 3 nitrogen and oxygen atoms in total. The molecule has 0 spiro atoms. The van der Waals surface area contributed by atoms with E-state index < -0.39 is 6.10 Å². The van der Waals surface area contributed by atoms with Gasteiger partial charge in [-0.25, -0.2) is 0 Å². The number of fused-ring (bicyclic) bond motifs is 1. The molecule has 1 heterocycles. The second-order valence-electron chi connectivity index (χ2n) is 6.07. The lowest BCUT2D eigenvalue weighted by molar-refractivity contribution is -0.130. The Balaban J connectivity index is 1.91. The van der Waals surface area contributed by atoms with E-state index in [9.17, 15) is 4.79 Å². The van der Waals surface area contributed by atoms with Crippen molar-refractivity contribution in [2.24, 2.45) is 0 Å². The van der Waals surface area contributed by atoms with Crippen molar-refractivity contribution >= 4 is 17.2 Å². The van der Waals surface area contributed by atoms with E-state index in [1.165, 1.54) is 30.4 Å². The molecule has 0 unspecified atom stereocenters. The maximum absolute atomic E-state index is 12.3.